The third-order valence-corrected chi connectivity index (χ3v) is 1.92. The van der Waals surface area contributed by atoms with Crippen molar-refractivity contribution in [2.45, 2.75) is 26.3 Å². The summed E-state index contributed by atoms with van der Waals surface area (Å²) < 4.78 is 0. The zero-order chi connectivity index (χ0) is 13.1. The Bertz CT molecular complexity index is 468. The fourth-order valence-corrected chi connectivity index (χ4v) is 1.24. The Balaban J connectivity index is 2.76. The van der Waals surface area contributed by atoms with Crippen LogP contribution in [0.4, 0.5) is 16.2 Å². The number of anilines is 2. The van der Waals surface area contributed by atoms with Gasteiger partial charge in [0.05, 0.1) is 23.0 Å². The molecule has 1 aromatic rings. The fourth-order valence-electron chi connectivity index (χ4n) is 1.24. The molecule has 0 saturated carbocycles. The first-order chi connectivity index (χ1) is 7.81. The third-order valence-electron chi connectivity index (χ3n) is 1.92. The normalized spacial score (nSPS) is 10.5. The highest BCUT2D eigenvalue weighted by atomic mass is 16.2. The maximum Gasteiger partial charge on any atom is 0.319 e. The number of amides is 2. The van der Waals surface area contributed by atoms with Crippen LogP contribution in [0.3, 0.4) is 0 Å². The van der Waals surface area contributed by atoms with Crippen LogP contribution in [0.1, 0.15) is 26.3 Å². The number of hydrogen-bond donors (Lipinski definition) is 3. The smallest absolute Gasteiger partial charge is 0.319 e. The number of nitrogens with one attached hydrogen (secondary N) is 2. The Morgan fingerprint density at radius 1 is 1.41 bits per heavy atom. The van der Waals surface area contributed by atoms with Crippen molar-refractivity contribution in [3.05, 3.63) is 23.8 Å². The quantitative estimate of drug-likeness (QED) is 0.647. The highest BCUT2D eigenvalue weighted by molar-refractivity contribution is 5.93. The number of benzene rings is 1. The van der Waals surface area contributed by atoms with Gasteiger partial charge in [-0.2, -0.15) is 5.26 Å². The first-order valence-corrected chi connectivity index (χ1v) is 5.20. The van der Waals surface area contributed by atoms with Crippen LogP contribution in [0.15, 0.2) is 18.2 Å². The standard InChI is InChI=1S/C12H16N4O/c1-12(2,3)16-11(17)15-10-5-4-8(7-13)6-9(10)14/h4-6H,14H2,1-3H3,(H2,15,16,17). The van der Waals surface area contributed by atoms with Crippen LogP contribution in [-0.2, 0) is 0 Å². The summed E-state index contributed by atoms with van der Waals surface area (Å²) in [6.07, 6.45) is 0. The highest BCUT2D eigenvalue weighted by Gasteiger charge is 2.14. The lowest BCUT2D eigenvalue weighted by molar-refractivity contribution is 0.244. The summed E-state index contributed by atoms with van der Waals surface area (Å²) in [6.45, 7) is 5.65. The monoisotopic (exact) mass is 232 g/mol. The molecule has 0 aliphatic carbocycles. The van der Waals surface area contributed by atoms with Crippen molar-refractivity contribution in [2.75, 3.05) is 11.1 Å². The minimum absolute atomic E-state index is 0.314. The number of urea groups is 1. The predicted molar refractivity (Wildman–Crippen MR) is 67.5 cm³/mol. The molecule has 0 atom stereocenters. The van der Waals surface area contributed by atoms with Crippen molar-refractivity contribution in [1.29, 1.82) is 5.26 Å². The molecule has 2 amide bonds. The van der Waals surface area contributed by atoms with Crippen LogP contribution < -0.4 is 16.4 Å². The zero-order valence-corrected chi connectivity index (χ0v) is 10.2. The van der Waals surface area contributed by atoms with Gasteiger partial charge < -0.3 is 16.4 Å². The van der Waals surface area contributed by atoms with Crippen molar-refractivity contribution >= 4 is 17.4 Å². The van der Waals surface area contributed by atoms with E-state index in [-0.39, 0.29) is 11.6 Å². The molecule has 1 aromatic carbocycles. The Morgan fingerprint density at radius 3 is 2.53 bits per heavy atom. The van der Waals surface area contributed by atoms with Crippen LogP contribution >= 0.6 is 0 Å². The second kappa shape index (κ2) is 4.74. The summed E-state index contributed by atoms with van der Waals surface area (Å²) in [5, 5.41) is 14.1. The average Bonchev–Trinajstić information content (AvgIpc) is 2.18. The first-order valence-electron chi connectivity index (χ1n) is 5.20. The van der Waals surface area contributed by atoms with E-state index in [9.17, 15) is 4.79 Å². The molecule has 0 unspecified atom stereocenters. The van der Waals surface area contributed by atoms with Crippen LogP contribution in [0.5, 0.6) is 0 Å². The third kappa shape index (κ3) is 4.03. The van der Waals surface area contributed by atoms with Crippen molar-refractivity contribution in [2.24, 2.45) is 0 Å². The molecule has 17 heavy (non-hydrogen) atoms. The average molecular weight is 232 g/mol. The number of nitrogens with two attached hydrogens (primary N) is 1. The first kappa shape index (κ1) is 12.8. The number of nitriles is 1. The van der Waals surface area contributed by atoms with E-state index in [2.05, 4.69) is 10.6 Å². The topological polar surface area (TPSA) is 90.9 Å². The summed E-state index contributed by atoms with van der Waals surface area (Å²) >= 11 is 0. The molecule has 5 heteroatoms. The van der Waals surface area contributed by atoms with E-state index in [0.717, 1.165) is 0 Å². The van der Waals surface area contributed by atoms with E-state index in [1.54, 1.807) is 12.1 Å². The fraction of sp³-hybridized carbons (Fsp3) is 0.333. The van der Waals surface area contributed by atoms with E-state index >= 15 is 0 Å². The van der Waals surface area contributed by atoms with E-state index < -0.39 is 0 Å². The van der Waals surface area contributed by atoms with Gasteiger partial charge in [-0.15, -0.1) is 0 Å². The minimum Gasteiger partial charge on any atom is -0.397 e. The van der Waals surface area contributed by atoms with E-state index in [4.69, 9.17) is 11.0 Å². The summed E-state index contributed by atoms with van der Waals surface area (Å²) in [4.78, 5) is 11.6. The van der Waals surface area contributed by atoms with E-state index in [1.807, 2.05) is 26.8 Å². The van der Waals surface area contributed by atoms with E-state index in [0.29, 0.717) is 16.9 Å². The predicted octanol–water partition coefficient (Wildman–Crippen LogP) is 2.06. The lowest BCUT2D eigenvalue weighted by Gasteiger charge is -2.21. The molecule has 0 bridgehead atoms. The van der Waals surface area contributed by atoms with Gasteiger partial charge >= 0.3 is 6.03 Å². The molecular formula is C12H16N4O. The zero-order valence-electron chi connectivity index (χ0n) is 10.2. The molecule has 4 N–H and O–H groups in total. The Kier molecular flexibility index (Phi) is 3.59. The van der Waals surface area contributed by atoms with Gasteiger partial charge in [0.2, 0.25) is 0 Å². The molecule has 0 radical (unpaired) electrons. The molecule has 0 aromatic heterocycles. The van der Waals surface area contributed by atoms with E-state index in [1.165, 1.54) is 6.07 Å². The summed E-state index contributed by atoms with van der Waals surface area (Å²) in [6, 6.07) is 6.38. The molecule has 0 aliphatic rings. The molecule has 0 aliphatic heterocycles. The van der Waals surface area contributed by atoms with Crippen molar-refractivity contribution in [3.63, 3.8) is 0 Å². The number of nitrogens with zero attached hydrogens (tertiary/aromatic N) is 1. The number of hydrogen-bond acceptors (Lipinski definition) is 3. The minimum atomic E-state index is -0.325. The molecule has 0 spiro atoms. The van der Waals surface area contributed by atoms with Gasteiger partial charge in [0.1, 0.15) is 0 Å². The van der Waals surface area contributed by atoms with Gasteiger partial charge in [0, 0.05) is 5.54 Å². The number of rotatable bonds is 1. The number of nitrogen functional groups attached to an aromatic ring is 1. The lowest BCUT2D eigenvalue weighted by Crippen LogP contribution is -2.43. The maximum atomic E-state index is 11.6. The SMILES string of the molecule is CC(C)(C)NC(=O)Nc1ccc(C#N)cc1N. The molecule has 0 fully saturated rings. The van der Waals surface area contributed by atoms with Gasteiger partial charge in [-0.05, 0) is 39.0 Å². The molecule has 90 valence electrons. The van der Waals surface area contributed by atoms with Crippen LogP contribution in [0, 0.1) is 11.3 Å². The van der Waals surface area contributed by atoms with Crippen molar-refractivity contribution in [3.8, 4) is 6.07 Å². The molecule has 0 heterocycles. The Morgan fingerprint density at radius 2 is 2.06 bits per heavy atom. The summed E-state index contributed by atoms with van der Waals surface area (Å²) in [7, 11) is 0. The molecule has 1 rings (SSSR count). The molecule has 0 saturated heterocycles. The van der Waals surface area contributed by atoms with Gasteiger partial charge in [-0.25, -0.2) is 4.79 Å². The van der Waals surface area contributed by atoms with Crippen molar-refractivity contribution in [1.82, 2.24) is 5.32 Å². The highest BCUT2D eigenvalue weighted by Crippen LogP contribution is 2.19. The summed E-state index contributed by atoms with van der Waals surface area (Å²) in [5.74, 6) is 0. The van der Waals surface area contributed by atoms with Gasteiger partial charge in [-0.1, -0.05) is 0 Å². The lowest BCUT2D eigenvalue weighted by atomic mass is 10.1. The molecule has 5 nitrogen and oxygen atoms in total. The van der Waals surface area contributed by atoms with Gasteiger partial charge in [0.25, 0.3) is 0 Å². The number of carbonyl (C=O) groups is 1. The van der Waals surface area contributed by atoms with Crippen LogP contribution in [0.25, 0.3) is 0 Å². The van der Waals surface area contributed by atoms with Crippen LogP contribution in [-0.4, -0.2) is 11.6 Å². The van der Waals surface area contributed by atoms with Crippen LogP contribution in [0.2, 0.25) is 0 Å². The largest absolute Gasteiger partial charge is 0.397 e. The van der Waals surface area contributed by atoms with Crippen molar-refractivity contribution < 1.29 is 4.79 Å². The second-order valence-corrected chi connectivity index (χ2v) is 4.74. The number of carbonyl (C=O) groups excluding carboxylic acids is 1. The van der Waals surface area contributed by atoms with Gasteiger partial charge in [-0.3, -0.25) is 0 Å². The Labute approximate surface area is 101 Å². The maximum absolute atomic E-state index is 11.6. The second-order valence-electron chi connectivity index (χ2n) is 4.74. The Hall–Kier alpha value is -2.22. The van der Waals surface area contributed by atoms with Gasteiger partial charge in [0.15, 0.2) is 0 Å². The summed E-state index contributed by atoms with van der Waals surface area (Å²) in [5.41, 5.74) is 6.72. The molecular weight excluding hydrogens is 216 g/mol.